The molecule has 0 aliphatic heterocycles. The van der Waals surface area contributed by atoms with Gasteiger partial charge in [-0.05, 0) is 32.3 Å². The lowest BCUT2D eigenvalue weighted by Gasteiger charge is -2.26. The van der Waals surface area contributed by atoms with Crippen LogP contribution in [0.4, 0.5) is 20.3 Å². The molecule has 10 nitrogen and oxygen atoms in total. The van der Waals surface area contributed by atoms with E-state index in [2.05, 4.69) is 15.1 Å². The Balaban J connectivity index is 1.68. The number of hydrogen-bond donors (Lipinski definition) is 0. The number of aryl methyl sites for hydroxylation is 1. The van der Waals surface area contributed by atoms with E-state index in [1.54, 1.807) is 41.6 Å². The van der Waals surface area contributed by atoms with Gasteiger partial charge in [-0.2, -0.15) is 5.10 Å². The van der Waals surface area contributed by atoms with Gasteiger partial charge < -0.3 is 14.4 Å². The minimum atomic E-state index is -0.890. The first kappa shape index (κ1) is 26.4. The summed E-state index contributed by atoms with van der Waals surface area (Å²) in [7, 11) is 8.22. The summed E-state index contributed by atoms with van der Waals surface area (Å²) in [5.74, 6) is -1.29. The van der Waals surface area contributed by atoms with Crippen molar-refractivity contribution in [3.8, 4) is 22.6 Å². The summed E-state index contributed by atoms with van der Waals surface area (Å²) in [5.41, 5.74) is 2.47. The lowest BCUT2D eigenvalue weighted by Crippen LogP contribution is -2.23. The molecule has 0 amide bonds. The van der Waals surface area contributed by atoms with Crippen molar-refractivity contribution in [3.05, 3.63) is 72.7 Å². The Kier molecular flexibility index (Phi) is 7.35. The summed E-state index contributed by atoms with van der Waals surface area (Å²) in [6, 6.07) is 6.46. The summed E-state index contributed by atoms with van der Waals surface area (Å²) in [5, 5.41) is 4.22. The van der Waals surface area contributed by atoms with E-state index in [1.807, 2.05) is 41.7 Å². The van der Waals surface area contributed by atoms with Gasteiger partial charge in [0.15, 0.2) is 23.1 Å². The molecule has 0 aliphatic carbocycles. The van der Waals surface area contributed by atoms with Gasteiger partial charge in [0, 0.05) is 61.2 Å². The van der Waals surface area contributed by atoms with E-state index in [4.69, 9.17) is 14.5 Å². The van der Waals surface area contributed by atoms with E-state index >= 15 is 8.78 Å². The first-order valence-corrected chi connectivity index (χ1v) is 12.5. The van der Waals surface area contributed by atoms with Crippen molar-refractivity contribution < 1.29 is 18.3 Å². The lowest BCUT2D eigenvalue weighted by atomic mass is 10.1. The molecule has 0 aliphatic rings. The summed E-state index contributed by atoms with van der Waals surface area (Å²) >= 11 is 1.38. The number of fused-ring (bicyclic) bond motifs is 1. The third-order valence-electron chi connectivity index (χ3n) is 5.89. The minimum Gasteiger partial charge on any atom is -0.493 e. The van der Waals surface area contributed by atoms with Crippen LogP contribution in [0.25, 0.3) is 22.2 Å². The number of imidazole rings is 1. The first-order valence-electron chi connectivity index (χ1n) is 11.8. The maximum Gasteiger partial charge on any atom is 0.191 e. The highest BCUT2D eigenvalue weighted by atomic mass is 32.2. The molecular formula is C26H26F2N8O2S. The van der Waals surface area contributed by atoms with Crippen molar-refractivity contribution >= 4 is 34.7 Å². The van der Waals surface area contributed by atoms with Gasteiger partial charge in [0.25, 0.3) is 0 Å². The standard InChI is InChI=1S/C26H26F2N8O2S/c1-33(2)39-36-9-8-29-23(36)15-35(26-24(27)20(37-4)11-21(38-5)25(26)28)22-7-6-18-19(32-22)10-16(12-30-18)17-13-31-34(3)14-17/h6-14H,15H2,1-5H3. The van der Waals surface area contributed by atoms with Crippen LogP contribution in [0.2, 0.25) is 0 Å². The van der Waals surface area contributed by atoms with Crippen molar-refractivity contribution in [2.24, 2.45) is 7.05 Å². The number of halogens is 2. The van der Waals surface area contributed by atoms with Gasteiger partial charge in [-0.15, -0.1) is 0 Å². The molecule has 1 aromatic carbocycles. The molecule has 0 spiro atoms. The van der Waals surface area contributed by atoms with Crippen LogP contribution in [-0.4, -0.2) is 61.3 Å². The maximum atomic E-state index is 15.8. The lowest BCUT2D eigenvalue weighted by molar-refractivity contribution is 0.358. The topological polar surface area (TPSA) is 86.4 Å². The molecule has 0 saturated heterocycles. The highest BCUT2D eigenvalue weighted by Crippen LogP contribution is 2.41. The normalized spacial score (nSPS) is 11.4. The van der Waals surface area contributed by atoms with Crippen molar-refractivity contribution in [1.29, 1.82) is 0 Å². The Morgan fingerprint density at radius 3 is 2.33 bits per heavy atom. The molecule has 5 rings (SSSR count). The van der Waals surface area contributed by atoms with E-state index < -0.39 is 11.6 Å². The zero-order valence-corrected chi connectivity index (χ0v) is 22.8. The molecule has 202 valence electrons. The summed E-state index contributed by atoms with van der Waals surface area (Å²) in [6.07, 6.45) is 8.73. The SMILES string of the molecule is COc1cc(OC)c(F)c(N(Cc2nccn2SN(C)C)c2ccc3ncc(-c4cnn(C)c4)cc3n2)c1F. The largest absolute Gasteiger partial charge is 0.493 e. The predicted octanol–water partition coefficient (Wildman–Crippen LogP) is 4.83. The molecule has 0 fully saturated rings. The Bertz CT molecular complexity index is 1610. The molecule has 13 heteroatoms. The number of hydrogen-bond acceptors (Lipinski definition) is 9. The molecule has 4 heterocycles. The molecule has 0 unspecified atom stereocenters. The van der Waals surface area contributed by atoms with Crippen LogP contribution in [0.15, 0.2) is 55.2 Å². The average molecular weight is 553 g/mol. The molecule has 39 heavy (non-hydrogen) atoms. The summed E-state index contributed by atoms with van der Waals surface area (Å²) in [6.45, 7) is -0.00771. The molecule has 5 aromatic rings. The van der Waals surface area contributed by atoms with Crippen LogP contribution in [0.1, 0.15) is 5.82 Å². The first-order chi connectivity index (χ1) is 18.8. The zero-order chi connectivity index (χ0) is 27.7. The fourth-order valence-electron chi connectivity index (χ4n) is 4.08. The molecule has 0 atom stereocenters. The Labute approximate surface area is 228 Å². The van der Waals surface area contributed by atoms with Crippen LogP contribution in [-0.2, 0) is 13.6 Å². The predicted molar refractivity (Wildman–Crippen MR) is 146 cm³/mol. The van der Waals surface area contributed by atoms with Crippen molar-refractivity contribution in [1.82, 2.24) is 33.0 Å². The number of methoxy groups -OCH3 is 2. The van der Waals surface area contributed by atoms with Gasteiger partial charge in [-0.1, -0.05) is 0 Å². The van der Waals surface area contributed by atoms with Crippen LogP contribution in [0, 0.1) is 11.6 Å². The molecule has 0 saturated carbocycles. The molecule has 4 aromatic heterocycles. The molecule has 0 radical (unpaired) electrons. The highest BCUT2D eigenvalue weighted by molar-refractivity contribution is 7.95. The number of aromatic nitrogens is 6. The van der Waals surface area contributed by atoms with Gasteiger partial charge in [0.05, 0.1) is 38.0 Å². The zero-order valence-electron chi connectivity index (χ0n) is 22.0. The number of ether oxygens (including phenoxy) is 2. The average Bonchev–Trinajstić information content (AvgIpc) is 3.55. The third kappa shape index (κ3) is 5.22. The van der Waals surface area contributed by atoms with Crippen molar-refractivity contribution in [3.63, 3.8) is 0 Å². The Hall–Kier alpha value is -4.23. The number of benzene rings is 1. The van der Waals surface area contributed by atoms with E-state index in [0.717, 1.165) is 11.1 Å². The number of anilines is 2. The van der Waals surface area contributed by atoms with E-state index in [1.165, 1.54) is 37.3 Å². The van der Waals surface area contributed by atoms with Crippen LogP contribution >= 0.6 is 12.1 Å². The highest BCUT2D eigenvalue weighted by Gasteiger charge is 2.28. The fraction of sp³-hybridized carbons (Fsp3) is 0.231. The van der Waals surface area contributed by atoms with Crippen molar-refractivity contribution in [2.45, 2.75) is 6.54 Å². The molecule has 0 N–H and O–H groups in total. The van der Waals surface area contributed by atoms with Crippen molar-refractivity contribution in [2.75, 3.05) is 33.2 Å². The van der Waals surface area contributed by atoms with Crippen LogP contribution in [0.3, 0.4) is 0 Å². The van der Waals surface area contributed by atoms with Crippen LogP contribution < -0.4 is 14.4 Å². The van der Waals surface area contributed by atoms with Gasteiger partial charge in [0.2, 0.25) is 0 Å². The van der Waals surface area contributed by atoms with Gasteiger partial charge in [-0.25, -0.2) is 23.1 Å². The Morgan fingerprint density at radius 2 is 1.69 bits per heavy atom. The van der Waals surface area contributed by atoms with E-state index in [-0.39, 0.29) is 29.5 Å². The third-order valence-corrected chi connectivity index (χ3v) is 6.72. The summed E-state index contributed by atoms with van der Waals surface area (Å²) < 4.78 is 47.3. The Morgan fingerprint density at radius 1 is 0.949 bits per heavy atom. The van der Waals surface area contributed by atoms with Gasteiger partial charge in [-0.3, -0.25) is 13.6 Å². The number of nitrogens with zero attached hydrogens (tertiary/aromatic N) is 8. The quantitative estimate of drug-likeness (QED) is 0.239. The summed E-state index contributed by atoms with van der Waals surface area (Å²) in [4.78, 5) is 15.2. The second kappa shape index (κ2) is 10.9. The maximum absolute atomic E-state index is 15.8. The van der Waals surface area contributed by atoms with E-state index in [0.29, 0.717) is 16.9 Å². The molecule has 0 bridgehead atoms. The fourth-order valence-corrected chi connectivity index (χ4v) is 4.74. The van der Waals surface area contributed by atoms with Gasteiger partial charge in [0.1, 0.15) is 17.3 Å². The van der Waals surface area contributed by atoms with Crippen LogP contribution in [0.5, 0.6) is 11.5 Å². The second-order valence-corrected chi connectivity index (χ2v) is 10.0. The minimum absolute atomic E-state index is 0.00771. The second-order valence-electron chi connectivity index (χ2n) is 8.74. The smallest absolute Gasteiger partial charge is 0.191 e. The monoisotopic (exact) mass is 552 g/mol. The number of rotatable bonds is 9. The number of pyridine rings is 2. The van der Waals surface area contributed by atoms with Gasteiger partial charge >= 0.3 is 0 Å². The van der Waals surface area contributed by atoms with E-state index in [9.17, 15) is 0 Å². The molecular weight excluding hydrogens is 526 g/mol.